The molecule has 0 unspecified atom stereocenters. The van der Waals surface area contributed by atoms with Crippen LogP contribution in [0.1, 0.15) is 45.2 Å². The number of likely N-dealkylation sites (tertiary alicyclic amines) is 1. The normalized spacial score (nSPS) is 18.2. The maximum absolute atomic E-state index is 12.8. The van der Waals surface area contributed by atoms with Crippen LogP contribution in [0.5, 0.6) is 0 Å². The summed E-state index contributed by atoms with van der Waals surface area (Å²) >= 11 is 3.46. The highest BCUT2D eigenvalue weighted by Crippen LogP contribution is 2.24. The molecule has 146 valence electrons. The molecule has 0 radical (unpaired) electrons. The second-order valence-electron chi connectivity index (χ2n) is 7.49. The molecule has 1 aliphatic rings. The van der Waals surface area contributed by atoms with Crippen LogP contribution in [0.25, 0.3) is 10.8 Å². The molecule has 1 atom stereocenters. The number of rotatable bonds is 5. The Morgan fingerprint density at radius 3 is 2.85 bits per heavy atom. The summed E-state index contributed by atoms with van der Waals surface area (Å²) in [4.78, 5) is 27.7. The SMILES string of the molecule is CCN1CCC[C@@H](NC(=O)Cn2nc(C(C)C)c3cc(Br)ccc3c2=O)C1. The Balaban J connectivity index is 1.84. The molecule has 1 saturated heterocycles. The van der Waals surface area contributed by atoms with Crippen molar-refractivity contribution in [1.82, 2.24) is 20.0 Å². The first kappa shape index (κ1) is 20.0. The number of likely N-dealkylation sites (N-methyl/N-ethyl adjacent to an activating group) is 1. The molecule has 0 bridgehead atoms. The van der Waals surface area contributed by atoms with Crippen molar-refractivity contribution in [3.05, 3.63) is 38.7 Å². The molecule has 3 rings (SSSR count). The van der Waals surface area contributed by atoms with Gasteiger partial charge in [-0.15, -0.1) is 0 Å². The Labute approximate surface area is 168 Å². The van der Waals surface area contributed by atoms with Gasteiger partial charge in [-0.2, -0.15) is 5.10 Å². The third kappa shape index (κ3) is 4.58. The lowest BCUT2D eigenvalue weighted by molar-refractivity contribution is -0.123. The number of hydrogen-bond acceptors (Lipinski definition) is 4. The molecular formula is C20H27BrN4O2. The standard InChI is InChI=1S/C20H27BrN4O2/c1-4-24-9-5-6-15(11-24)22-18(26)12-25-20(27)16-8-7-14(21)10-17(16)19(23-25)13(2)3/h7-8,10,13,15H,4-6,9,11-12H2,1-3H3,(H,22,26)/t15-/m1/s1. The van der Waals surface area contributed by atoms with Crippen LogP contribution in [0, 0.1) is 0 Å². The number of carbonyl (C=O) groups excluding carboxylic acids is 1. The summed E-state index contributed by atoms with van der Waals surface area (Å²) in [5, 5.41) is 9.03. The van der Waals surface area contributed by atoms with Gasteiger partial charge in [0.15, 0.2) is 0 Å². The fourth-order valence-corrected chi connectivity index (χ4v) is 4.05. The number of fused-ring (bicyclic) bond motifs is 1. The number of halogens is 1. The first-order chi connectivity index (χ1) is 12.9. The first-order valence-electron chi connectivity index (χ1n) is 9.61. The monoisotopic (exact) mass is 434 g/mol. The van der Waals surface area contributed by atoms with E-state index in [9.17, 15) is 9.59 Å². The van der Waals surface area contributed by atoms with E-state index in [0.717, 1.165) is 48.0 Å². The number of nitrogens with one attached hydrogen (secondary N) is 1. The van der Waals surface area contributed by atoms with Crippen LogP contribution in [0.4, 0.5) is 0 Å². The van der Waals surface area contributed by atoms with Gasteiger partial charge in [0.25, 0.3) is 5.56 Å². The molecule has 1 aromatic heterocycles. The molecule has 7 heteroatoms. The van der Waals surface area contributed by atoms with Crippen LogP contribution in [0.3, 0.4) is 0 Å². The van der Waals surface area contributed by atoms with Gasteiger partial charge in [0.05, 0.1) is 11.1 Å². The van der Waals surface area contributed by atoms with Gasteiger partial charge in [-0.25, -0.2) is 4.68 Å². The first-order valence-corrected chi connectivity index (χ1v) is 10.4. The average molecular weight is 435 g/mol. The minimum atomic E-state index is -0.226. The number of piperidine rings is 1. The molecule has 2 heterocycles. The van der Waals surface area contributed by atoms with Crippen LogP contribution in [-0.4, -0.2) is 46.3 Å². The highest BCUT2D eigenvalue weighted by Gasteiger charge is 2.21. The molecule has 27 heavy (non-hydrogen) atoms. The molecule has 0 saturated carbocycles. The zero-order valence-corrected chi connectivity index (χ0v) is 17.8. The van der Waals surface area contributed by atoms with E-state index in [4.69, 9.17) is 0 Å². The van der Waals surface area contributed by atoms with Crippen molar-refractivity contribution in [3.8, 4) is 0 Å². The predicted octanol–water partition coefficient (Wildman–Crippen LogP) is 2.88. The summed E-state index contributed by atoms with van der Waals surface area (Å²) in [6.45, 7) is 9.11. The number of nitrogens with zero attached hydrogens (tertiary/aromatic N) is 3. The van der Waals surface area contributed by atoms with Gasteiger partial charge in [0, 0.05) is 22.4 Å². The lowest BCUT2D eigenvalue weighted by atomic mass is 10.0. The minimum absolute atomic E-state index is 0.0484. The highest BCUT2D eigenvalue weighted by molar-refractivity contribution is 9.10. The average Bonchev–Trinajstić information content (AvgIpc) is 2.63. The molecular weight excluding hydrogens is 408 g/mol. The Morgan fingerprint density at radius 1 is 1.37 bits per heavy atom. The van der Waals surface area contributed by atoms with E-state index in [-0.39, 0.29) is 30.0 Å². The second-order valence-corrected chi connectivity index (χ2v) is 8.41. The van der Waals surface area contributed by atoms with Crippen molar-refractivity contribution in [2.45, 2.75) is 52.1 Å². The van der Waals surface area contributed by atoms with Crippen molar-refractivity contribution in [2.24, 2.45) is 0 Å². The fourth-order valence-electron chi connectivity index (χ4n) is 3.69. The zero-order chi connectivity index (χ0) is 19.6. The third-order valence-electron chi connectivity index (χ3n) is 5.11. The smallest absolute Gasteiger partial charge is 0.275 e. The summed E-state index contributed by atoms with van der Waals surface area (Å²) in [5.74, 6) is -0.00751. The summed E-state index contributed by atoms with van der Waals surface area (Å²) in [6.07, 6.45) is 2.06. The molecule has 0 aliphatic carbocycles. The lowest BCUT2D eigenvalue weighted by Crippen LogP contribution is -2.48. The van der Waals surface area contributed by atoms with Gasteiger partial charge in [-0.05, 0) is 50.0 Å². The largest absolute Gasteiger partial charge is 0.350 e. The fraction of sp³-hybridized carbons (Fsp3) is 0.550. The van der Waals surface area contributed by atoms with Gasteiger partial charge >= 0.3 is 0 Å². The molecule has 6 nitrogen and oxygen atoms in total. The van der Waals surface area contributed by atoms with Crippen LogP contribution < -0.4 is 10.9 Å². The molecule has 1 aromatic carbocycles. The zero-order valence-electron chi connectivity index (χ0n) is 16.2. The second kappa shape index (κ2) is 8.52. The van der Waals surface area contributed by atoms with E-state index in [2.05, 4.69) is 38.2 Å². The van der Waals surface area contributed by atoms with Crippen molar-refractivity contribution in [2.75, 3.05) is 19.6 Å². The number of hydrogen-bond donors (Lipinski definition) is 1. The number of amides is 1. The Hall–Kier alpha value is -1.73. The van der Waals surface area contributed by atoms with Gasteiger partial charge in [0.1, 0.15) is 6.54 Å². The van der Waals surface area contributed by atoms with E-state index in [1.54, 1.807) is 6.07 Å². The lowest BCUT2D eigenvalue weighted by Gasteiger charge is -2.32. The quantitative estimate of drug-likeness (QED) is 0.785. The van der Waals surface area contributed by atoms with Crippen LogP contribution in [0.15, 0.2) is 27.5 Å². The maximum atomic E-state index is 12.8. The number of carbonyl (C=O) groups is 1. The van der Waals surface area contributed by atoms with Crippen molar-refractivity contribution in [3.63, 3.8) is 0 Å². The predicted molar refractivity (Wildman–Crippen MR) is 111 cm³/mol. The molecule has 1 fully saturated rings. The van der Waals surface area contributed by atoms with Crippen LogP contribution in [-0.2, 0) is 11.3 Å². The highest BCUT2D eigenvalue weighted by atomic mass is 79.9. The topological polar surface area (TPSA) is 67.2 Å². The van der Waals surface area contributed by atoms with Gasteiger partial charge in [-0.3, -0.25) is 9.59 Å². The minimum Gasteiger partial charge on any atom is -0.350 e. The van der Waals surface area contributed by atoms with Gasteiger partial charge < -0.3 is 10.2 Å². The van der Waals surface area contributed by atoms with Gasteiger partial charge in [-0.1, -0.05) is 36.7 Å². The van der Waals surface area contributed by atoms with E-state index in [1.807, 2.05) is 26.0 Å². The van der Waals surface area contributed by atoms with Crippen LogP contribution >= 0.6 is 15.9 Å². The van der Waals surface area contributed by atoms with E-state index in [1.165, 1.54) is 4.68 Å². The van der Waals surface area contributed by atoms with E-state index >= 15 is 0 Å². The number of benzene rings is 1. The summed E-state index contributed by atoms with van der Waals surface area (Å²) in [6, 6.07) is 5.71. The third-order valence-corrected chi connectivity index (χ3v) is 5.60. The molecule has 1 amide bonds. The summed E-state index contributed by atoms with van der Waals surface area (Å²) in [5.41, 5.74) is 0.601. The number of aromatic nitrogens is 2. The Morgan fingerprint density at radius 2 is 2.15 bits per heavy atom. The van der Waals surface area contributed by atoms with Crippen molar-refractivity contribution < 1.29 is 4.79 Å². The molecule has 0 spiro atoms. The Kier molecular flexibility index (Phi) is 6.32. The van der Waals surface area contributed by atoms with Crippen molar-refractivity contribution >= 4 is 32.6 Å². The molecule has 1 N–H and O–H groups in total. The molecule has 1 aliphatic heterocycles. The summed E-state index contributed by atoms with van der Waals surface area (Å²) < 4.78 is 2.22. The maximum Gasteiger partial charge on any atom is 0.275 e. The Bertz CT molecular complexity index is 893. The van der Waals surface area contributed by atoms with E-state index < -0.39 is 0 Å². The van der Waals surface area contributed by atoms with Crippen molar-refractivity contribution in [1.29, 1.82) is 0 Å². The van der Waals surface area contributed by atoms with E-state index in [0.29, 0.717) is 5.39 Å². The van der Waals surface area contributed by atoms with Crippen LogP contribution in [0.2, 0.25) is 0 Å². The van der Waals surface area contributed by atoms with Gasteiger partial charge in [0.2, 0.25) is 5.91 Å². The summed E-state index contributed by atoms with van der Waals surface area (Å²) in [7, 11) is 0. The molecule has 2 aromatic rings.